The topological polar surface area (TPSA) is 32.3 Å². The van der Waals surface area contributed by atoms with Gasteiger partial charge in [0.1, 0.15) is 5.82 Å². The van der Waals surface area contributed by atoms with Crippen LogP contribution in [0, 0.1) is 11.7 Å². The van der Waals surface area contributed by atoms with Gasteiger partial charge in [0.25, 0.3) is 0 Å². The Balaban J connectivity index is 1.86. The molecule has 0 radical (unpaired) electrons. The van der Waals surface area contributed by atoms with Crippen LogP contribution < -0.4 is 10.2 Å². The van der Waals surface area contributed by atoms with Crippen LogP contribution in [0.1, 0.15) is 38.2 Å². The molecule has 3 rings (SSSR count). The molecule has 4 heteroatoms. The van der Waals surface area contributed by atoms with E-state index < -0.39 is 0 Å². The van der Waals surface area contributed by atoms with E-state index in [2.05, 4.69) is 5.32 Å². The van der Waals surface area contributed by atoms with Gasteiger partial charge in [0, 0.05) is 18.2 Å². The fourth-order valence-electron chi connectivity index (χ4n) is 4.03. The lowest BCUT2D eigenvalue weighted by Crippen LogP contribution is -2.49. The Hall–Kier alpha value is -2.20. The van der Waals surface area contributed by atoms with Gasteiger partial charge in [-0.1, -0.05) is 37.3 Å². The Kier molecular flexibility index (Phi) is 6.99. The molecule has 1 fully saturated rings. The number of nitrogens with one attached hydrogen (secondary N) is 1. The van der Waals surface area contributed by atoms with Gasteiger partial charge in [-0.2, -0.15) is 0 Å². The molecule has 0 spiro atoms. The molecule has 0 saturated carbocycles. The number of carbonyl (C=O) groups is 1. The van der Waals surface area contributed by atoms with E-state index in [4.69, 9.17) is 0 Å². The molecule has 1 N–H and O–H groups in total. The van der Waals surface area contributed by atoms with Crippen molar-refractivity contribution in [3.8, 4) is 0 Å². The summed E-state index contributed by atoms with van der Waals surface area (Å²) in [6, 6.07) is 16.9. The van der Waals surface area contributed by atoms with Gasteiger partial charge in [-0.15, -0.1) is 0 Å². The first kappa shape index (κ1) is 19.6. The summed E-state index contributed by atoms with van der Waals surface area (Å²) in [5.74, 6) is 0.379. The minimum Gasteiger partial charge on any atom is -0.316 e. The van der Waals surface area contributed by atoms with Gasteiger partial charge in [-0.25, -0.2) is 4.39 Å². The van der Waals surface area contributed by atoms with Gasteiger partial charge >= 0.3 is 0 Å². The van der Waals surface area contributed by atoms with Crippen LogP contribution in [-0.4, -0.2) is 25.0 Å². The number of rotatable bonds is 7. The molecule has 1 aliphatic rings. The standard InChI is InChI=1S/C23H29FN2O/c1-2-23(27)26(21-8-4-3-5-9-21)22(19-7-6-16-25-17-19)15-12-18-10-13-20(24)14-11-18/h3-5,8-11,13-14,19,22,25H,2,6-7,12,15-17H2,1H3. The first-order valence-corrected chi connectivity index (χ1v) is 10.0. The van der Waals surface area contributed by atoms with E-state index >= 15 is 0 Å². The summed E-state index contributed by atoms with van der Waals surface area (Å²) >= 11 is 0. The Morgan fingerprint density at radius 2 is 1.93 bits per heavy atom. The number of para-hydroxylation sites is 1. The van der Waals surface area contributed by atoms with Crippen molar-refractivity contribution in [3.63, 3.8) is 0 Å². The second kappa shape index (κ2) is 9.65. The Labute approximate surface area is 161 Å². The third-order valence-corrected chi connectivity index (χ3v) is 5.46. The summed E-state index contributed by atoms with van der Waals surface area (Å²) in [7, 11) is 0. The van der Waals surface area contributed by atoms with Crippen molar-refractivity contribution in [1.29, 1.82) is 0 Å². The number of amides is 1. The van der Waals surface area contributed by atoms with Gasteiger partial charge < -0.3 is 10.2 Å². The van der Waals surface area contributed by atoms with Gasteiger partial charge in [0.2, 0.25) is 5.91 Å². The molecule has 1 aliphatic heterocycles. The molecule has 1 saturated heterocycles. The fraction of sp³-hybridized carbons (Fsp3) is 0.435. The minimum atomic E-state index is -0.209. The van der Waals surface area contributed by atoms with Crippen molar-refractivity contribution < 1.29 is 9.18 Å². The number of piperidine rings is 1. The number of aryl methyl sites for hydroxylation is 1. The molecule has 2 aromatic rings. The van der Waals surface area contributed by atoms with Crippen molar-refractivity contribution >= 4 is 11.6 Å². The highest BCUT2D eigenvalue weighted by Gasteiger charge is 2.31. The minimum absolute atomic E-state index is 0.137. The number of hydrogen-bond donors (Lipinski definition) is 1. The van der Waals surface area contributed by atoms with Crippen molar-refractivity contribution in [2.75, 3.05) is 18.0 Å². The zero-order valence-electron chi connectivity index (χ0n) is 16.0. The summed E-state index contributed by atoms with van der Waals surface area (Å²) in [4.78, 5) is 14.9. The zero-order valence-corrected chi connectivity index (χ0v) is 16.0. The zero-order chi connectivity index (χ0) is 19.1. The highest BCUT2D eigenvalue weighted by molar-refractivity contribution is 5.93. The molecular formula is C23H29FN2O. The molecule has 3 nitrogen and oxygen atoms in total. The van der Waals surface area contributed by atoms with Crippen LogP contribution in [0.2, 0.25) is 0 Å². The lowest BCUT2D eigenvalue weighted by molar-refractivity contribution is -0.119. The molecule has 27 heavy (non-hydrogen) atoms. The van der Waals surface area contributed by atoms with Crippen LogP contribution in [0.25, 0.3) is 0 Å². The Morgan fingerprint density at radius 1 is 1.19 bits per heavy atom. The highest BCUT2D eigenvalue weighted by Crippen LogP contribution is 2.29. The first-order chi connectivity index (χ1) is 13.2. The van der Waals surface area contributed by atoms with Crippen LogP contribution in [0.3, 0.4) is 0 Å². The van der Waals surface area contributed by atoms with E-state index in [0.29, 0.717) is 12.3 Å². The predicted octanol–water partition coefficient (Wildman–Crippen LogP) is 4.57. The molecular weight excluding hydrogens is 339 g/mol. The molecule has 1 amide bonds. The van der Waals surface area contributed by atoms with Crippen LogP contribution in [-0.2, 0) is 11.2 Å². The summed E-state index contributed by atoms with van der Waals surface area (Å²) in [6.07, 6.45) is 4.46. The average molecular weight is 368 g/mol. The third-order valence-electron chi connectivity index (χ3n) is 5.46. The maximum absolute atomic E-state index is 13.2. The number of halogens is 1. The number of benzene rings is 2. The maximum atomic E-state index is 13.2. The van der Waals surface area contributed by atoms with E-state index in [0.717, 1.165) is 50.0 Å². The Bertz CT molecular complexity index is 711. The van der Waals surface area contributed by atoms with Gasteiger partial charge in [0.15, 0.2) is 0 Å². The van der Waals surface area contributed by atoms with E-state index in [1.165, 1.54) is 12.1 Å². The molecule has 2 unspecified atom stereocenters. The van der Waals surface area contributed by atoms with Crippen LogP contribution in [0.5, 0.6) is 0 Å². The number of hydrogen-bond acceptors (Lipinski definition) is 2. The lowest BCUT2D eigenvalue weighted by atomic mass is 9.86. The summed E-state index contributed by atoms with van der Waals surface area (Å²) < 4.78 is 13.2. The molecule has 2 atom stereocenters. The SMILES string of the molecule is CCC(=O)N(c1ccccc1)C(CCc1ccc(F)cc1)C1CCCNC1. The molecule has 0 aliphatic carbocycles. The van der Waals surface area contributed by atoms with E-state index in [9.17, 15) is 9.18 Å². The van der Waals surface area contributed by atoms with Crippen LogP contribution in [0.4, 0.5) is 10.1 Å². The average Bonchev–Trinajstić information content (AvgIpc) is 2.73. The van der Waals surface area contributed by atoms with Crippen molar-refractivity contribution in [1.82, 2.24) is 5.32 Å². The molecule has 0 bridgehead atoms. The number of carbonyl (C=O) groups excluding carboxylic acids is 1. The van der Waals surface area contributed by atoms with Crippen molar-refractivity contribution in [3.05, 3.63) is 66.0 Å². The number of anilines is 1. The van der Waals surface area contributed by atoms with E-state index in [1.54, 1.807) is 0 Å². The van der Waals surface area contributed by atoms with Crippen LogP contribution in [0.15, 0.2) is 54.6 Å². The van der Waals surface area contributed by atoms with Crippen LogP contribution >= 0.6 is 0 Å². The monoisotopic (exact) mass is 368 g/mol. The van der Waals surface area contributed by atoms with Gasteiger partial charge in [0.05, 0.1) is 0 Å². The second-order valence-electron chi connectivity index (χ2n) is 7.29. The van der Waals surface area contributed by atoms with Gasteiger partial charge in [-0.05, 0) is 74.5 Å². The molecule has 1 heterocycles. The third kappa shape index (κ3) is 5.16. The predicted molar refractivity (Wildman–Crippen MR) is 108 cm³/mol. The quantitative estimate of drug-likeness (QED) is 0.776. The Morgan fingerprint density at radius 3 is 2.56 bits per heavy atom. The highest BCUT2D eigenvalue weighted by atomic mass is 19.1. The smallest absolute Gasteiger partial charge is 0.226 e. The second-order valence-corrected chi connectivity index (χ2v) is 7.29. The van der Waals surface area contributed by atoms with E-state index in [-0.39, 0.29) is 17.8 Å². The van der Waals surface area contributed by atoms with Gasteiger partial charge in [-0.3, -0.25) is 4.79 Å². The molecule has 144 valence electrons. The van der Waals surface area contributed by atoms with Crippen molar-refractivity contribution in [2.24, 2.45) is 5.92 Å². The first-order valence-electron chi connectivity index (χ1n) is 10.0. The largest absolute Gasteiger partial charge is 0.316 e. The number of nitrogens with zero attached hydrogens (tertiary/aromatic N) is 1. The van der Waals surface area contributed by atoms with E-state index in [1.807, 2.05) is 54.3 Å². The summed E-state index contributed by atoms with van der Waals surface area (Å²) in [6.45, 7) is 3.91. The normalized spacial score (nSPS) is 18.1. The van der Waals surface area contributed by atoms with Crippen molar-refractivity contribution in [2.45, 2.75) is 45.1 Å². The molecule has 0 aromatic heterocycles. The summed E-state index contributed by atoms with van der Waals surface area (Å²) in [5, 5.41) is 3.50. The lowest BCUT2D eigenvalue weighted by Gasteiger charge is -2.39. The fourth-order valence-corrected chi connectivity index (χ4v) is 4.03. The molecule has 2 aromatic carbocycles. The maximum Gasteiger partial charge on any atom is 0.226 e. The summed E-state index contributed by atoms with van der Waals surface area (Å²) in [5.41, 5.74) is 2.08.